The summed E-state index contributed by atoms with van der Waals surface area (Å²) in [5, 5.41) is 12.5. The van der Waals surface area contributed by atoms with Gasteiger partial charge in [-0.2, -0.15) is 0 Å². The third-order valence-corrected chi connectivity index (χ3v) is 67.8. The molecule has 0 aliphatic carbocycles. The molecule has 0 spiro atoms. The summed E-state index contributed by atoms with van der Waals surface area (Å²) in [7, 11) is -1.63. The van der Waals surface area contributed by atoms with Gasteiger partial charge in [-0.3, -0.25) is 0 Å². The molecule has 0 amide bonds. The van der Waals surface area contributed by atoms with Gasteiger partial charge >= 0.3 is 294 Å². The van der Waals surface area contributed by atoms with E-state index in [0.29, 0.717) is 13.2 Å². The van der Waals surface area contributed by atoms with E-state index in [1.165, 1.54) is 109 Å². The van der Waals surface area contributed by atoms with Crippen LogP contribution < -0.4 is 0 Å². The second-order valence-corrected chi connectivity index (χ2v) is 52.6. The van der Waals surface area contributed by atoms with E-state index in [2.05, 4.69) is 103 Å². The Balaban J connectivity index is 4.08. The van der Waals surface area contributed by atoms with E-state index in [4.69, 9.17) is 4.74 Å². The van der Waals surface area contributed by atoms with Crippen LogP contribution in [-0.4, -0.2) is 62.6 Å². The van der Waals surface area contributed by atoms with Crippen LogP contribution in [0.15, 0.2) is 30.3 Å². The summed E-state index contributed by atoms with van der Waals surface area (Å²) in [6, 6.07) is 10.7. The predicted molar refractivity (Wildman–Crippen MR) is 210 cm³/mol. The maximum atomic E-state index is 12.5. The van der Waals surface area contributed by atoms with Gasteiger partial charge < -0.3 is 0 Å². The normalized spacial score (nSPS) is 13.9. The van der Waals surface area contributed by atoms with Crippen LogP contribution in [-0.2, 0) is 11.3 Å². The molecule has 1 aromatic rings. The van der Waals surface area contributed by atoms with E-state index in [0.717, 1.165) is 1.95 Å². The molecule has 2 nitrogen and oxygen atoms in total. The molecule has 0 radical (unpaired) electrons. The second kappa shape index (κ2) is 24.6. The Labute approximate surface area is 291 Å². The zero-order chi connectivity index (χ0) is 33.6. The number of unbranched alkanes of at least 4 members (excludes halogenated alkanes) is 6. The molecule has 1 rings (SSSR count). The van der Waals surface area contributed by atoms with Crippen LogP contribution in [0, 0.1) is 17.4 Å². The first-order chi connectivity index (χ1) is 21.6. The number of aliphatic hydroxyl groups excluding tert-OH is 1. The topological polar surface area (TPSA) is 29.5 Å². The summed E-state index contributed by atoms with van der Waals surface area (Å²) < 4.78 is 16.8. The summed E-state index contributed by atoms with van der Waals surface area (Å²) in [6.45, 7) is 22.8. The number of hydrogen-bond donors (Lipinski definition) is 1. The third-order valence-electron chi connectivity index (χ3n) is 10.3. The molecule has 0 aliphatic rings. The minimum atomic E-state index is -2.88. The van der Waals surface area contributed by atoms with Crippen LogP contribution in [0.2, 0.25) is 48.2 Å². The number of benzene rings is 1. The first-order valence-electron chi connectivity index (χ1n) is 19.4. The van der Waals surface area contributed by atoms with Crippen LogP contribution in [0.5, 0.6) is 0 Å². The monoisotopic (exact) mass is 856 g/mol. The molecule has 0 saturated carbocycles. The molecule has 45 heavy (non-hydrogen) atoms. The van der Waals surface area contributed by atoms with E-state index in [-0.39, 0.29) is 5.92 Å². The Bertz CT molecular complexity index is 844. The molecule has 0 saturated heterocycles. The zero-order valence-corrected chi connectivity index (χ0v) is 38.3. The fraction of sp³-hybridized carbons (Fsp3) is 0.800. The van der Waals surface area contributed by atoms with Crippen LogP contribution in [0.25, 0.3) is 0 Å². The number of hydrogen-bond acceptors (Lipinski definition) is 2. The SMILES string of the molecule is CCC[CH2][Sn]([CH2]CCC)([CH2]CCC)[CH]([C@@H](COCc1ccccc1)[C@@H](O)C#C[Si](C)(C)C)[Sn]([CH2]CCC)([CH2]CCC)[CH2]CCC. The van der Waals surface area contributed by atoms with E-state index in [9.17, 15) is 5.11 Å². The average Bonchev–Trinajstić information content (AvgIpc) is 3.03. The molecule has 0 aromatic heterocycles. The van der Waals surface area contributed by atoms with Crippen molar-refractivity contribution in [1.29, 1.82) is 0 Å². The van der Waals surface area contributed by atoms with Gasteiger partial charge in [0.1, 0.15) is 0 Å². The van der Waals surface area contributed by atoms with Crippen molar-refractivity contribution < 1.29 is 9.84 Å². The van der Waals surface area contributed by atoms with E-state index < -0.39 is 50.9 Å². The predicted octanol–water partition coefficient (Wildman–Crippen LogP) is 12.7. The number of ether oxygens (including phenoxy) is 1. The Morgan fingerprint density at radius 3 is 1.36 bits per heavy atom. The fourth-order valence-electron chi connectivity index (χ4n) is 8.07. The van der Waals surface area contributed by atoms with Crippen LogP contribution in [0.4, 0.5) is 0 Å². The minimum absolute atomic E-state index is 0.195. The van der Waals surface area contributed by atoms with Crippen molar-refractivity contribution in [3.63, 3.8) is 0 Å². The molecule has 0 fully saturated rings. The van der Waals surface area contributed by atoms with Crippen molar-refractivity contribution in [2.45, 2.75) is 180 Å². The molecule has 1 N–H and O–H groups in total. The average molecular weight is 855 g/mol. The first-order valence-corrected chi connectivity index (χ1v) is 38.3. The molecule has 0 aliphatic heterocycles. The summed E-state index contributed by atoms with van der Waals surface area (Å²) in [5.41, 5.74) is 4.90. The summed E-state index contributed by atoms with van der Waals surface area (Å²) in [6.07, 6.45) is 15.6. The van der Waals surface area contributed by atoms with Crippen LogP contribution in [0.3, 0.4) is 0 Å². The van der Waals surface area contributed by atoms with Gasteiger partial charge in [0.05, 0.1) is 0 Å². The molecular weight excluding hydrogens is 778 g/mol. The van der Waals surface area contributed by atoms with Crippen LogP contribution in [0.1, 0.15) is 124 Å². The zero-order valence-electron chi connectivity index (χ0n) is 31.6. The Morgan fingerprint density at radius 2 is 1.02 bits per heavy atom. The first kappa shape index (κ1) is 43.5. The van der Waals surface area contributed by atoms with Crippen molar-refractivity contribution in [2.24, 2.45) is 5.92 Å². The van der Waals surface area contributed by atoms with Crippen molar-refractivity contribution in [3.8, 4) is 11.5 Å². The van der Waals surface area contributed by atoms with Gasteiger partial charge in [0.25, 0.3) is 0 Å². The van der Waals surface area contributed by atoms with Crippen LogP contribution >= 0.6 is 0 Å². The number of rotatable bonds is 26. The quantitative estimate of drug-likeness (QED) is 0.0743. The third kappa shape index (κ3) is 16.2. The number of aliphatic hydroxyl groups is 1. The maximum absolute atomic E-state index is 12.5. The summed E-state index contributed by atoms with van der Waals surface area (Å²) >= 11 is -5.76. The van der Waals surface area contributed by atoms with Gasteiger partial charge in [-0.15, -0.1) is 0 Å². The fourth-order valence-corrected chi connectivity index (χ4v) is 88.3. The molecule has 0 heterocycles. The molecule has 0 bridgehead atoms. The summed E-state index contributed by atoms with van der Waals surface area (Å²) in [4.78, 5) is 0. The van der Waals surface area contributed by atoms with Crippen molar-refractivity contribution in [1.82, 2.24) is 0 Å². The molecular formula is C40H76O2SiSn2. The Hall–Kier alpha value is 0.514. The molecule has 2 atom stereocenters. The van der Waals surface area contributed by atoms with Crippen molar-refractivity contribution >= 4 is 44.8 Å². The molecule has 260 valence electrons. The van der Waals surface area contributed by atoms with Gasteiger partial charge in [-0.1, -0.05) is 0 Å². The second-order valence-electron chi connectivity index (χ2n) is 15.5. The standard InChI is InChI=1S/C16H22O2Si.6C4H9.2Sn/c1-14(16(17)10-11-19(2,3)4)12-18-13-15-8-6-5-7-9-15;6*1-3-4-2;;/h1,5-9,14,16-17H,12-13H2,2-4H3;6*1,3-4H2,2H3;;/t14-,16-;;;;;;;;/m0......../s1. The van der Waals surface area contributed by atoms with Gasteiger partial charge in [-0.25, -0.2) is 0 Å². The molecule has 0 unspecified atom stereocenters. The molecule has 1 aromatic carbocycles. The molecule has 5 heteroatoms. The van der Waals surface area contributed by atoms with Crippen molar-refractivity contribution in [3.05, 3.63) is 35.9 Å². The van der Waals surface area contributed by atoms with E-state index in [1.54, 1.807) is 0 Å². The van der Waals surface area contributed by atoms with Gasteiger partial charge in [0.2, 0.25) is 0 Å². The van der Waals surface area contributed by atoms with E-state index >= 15 is 0 Å². The summed E-state index contributed by atoms with van der Waals surface area (Å²) in [5.74, 6) is 3.78. The van der Waals surface area contributed by atoms with Gasteiger partial charge in [0.15, 0.2) is 0 Å². The van der Waals surface area contributed by atoms with Crippen molar-refractivity contribution in [2.75, 3.05) is 6.61 Å². The Morgan fingerprint density at radius 1 is 0.644 bits per heavy atom. The van der Waals surface area contributed by atoms with E-state index in [1.807, 2.05) is 0 Å². The Kier molecular flexibility index (Phi) is 23.8. The van der Waals surface area contributed by atoms with Gasteiger partial charge in [0, 0.05) is 0 Å². The van der Waals surface area contributed by atoms with Gasteiger partial charge in [-0.05, 0) is 0 Å².